The topological polar surface area (TPSA) is 134 Å². The van der Waals surface area contributed by atoms with Crippen molar-refractivity contribution >= 4 is 46.1 Å². The first-order chi connectivity index (χ1) is 14.6. The van der Waals surface area contributed by atoms with Crippen molar-refractivity contribution in [3.63, 3.8) is 0 Å². The Bertz CT molecular complexity index is 980. The summed E-state index contributed by atoms with van der Waals surface area (Å²) < 4.78 is 9.46. The number of nitrogens with zero attached hydrogens (tertiary/aromatic N) is 2. The second-order valence-electron chi connectivity index (χ2n) is 5.90. The highest BCUT2D eigenvalue weighted by atomic mass is 16.6. The van der Waals surface area contributed by atoms with Crippen LogP contribution in [-0.2, 0) is 9.47 Å². The fourth-order valence-corrected chi connectivity index (χ4v) is 2.55. The third-order valence-electron chi connectivity index (χ3n) is 3.77. The van der Waals surface area contributed by atoms with E-state index in [4.69, 9.17) is 9.47 Å². The summed E-state index contributed by atoms with van der Waals surface area (Å²) in [7, 11) is 0. The van der Waals surface area contributed by atoms with Gasteiger partial charge in [-0.2, -0.15) is 0 Å². The summed E-state index contributed by atoms with van der Waals surface area (Å²) in [5.74, 6) is 0.796. The molecule has 2 aromatic carbocycles. The number of benzene rings is 2. The zero-order valence-corrected chi connectivity index (χ0v) is 16.6. The lowest BCUT2D eigenvalue weighted by Crippen LogP contribution is -2.14. The van der Waals surface area contributed by atoms with Crippen molar-refractivity contribution in [1.82, 2.24) is 19.9 Å². The van der Waals surface area contributed by atoms with E-state index in [1.54, 1.807) is 13.8 Å². The first-order valence-corrected chi connectivity index (χ1v) is 9.36. The van der Waals surface area contributed by atoms with Gasteiger partial charge in [0.15, 0.2) is 0 Å². The predicted molar refractivity (Wildman–Crippen MR) is 113 cm³/mol. The summed E-state index contributed by atoms with van der Waals surface area (Å²) in [6.45, 7) is 4.18. The number of aromatic nitrogens is 4. The number of amides is 2. The molecule has 0 aliphatic heterocycles. The number of H-pyrrole nitrogens is 2. The third kappa shape index (κ3) is 5.47. The molecule has 10 heteroatoms. The lowest BCUT2D eigenvalue weighted by atomic mass is 10.3. The Hall–Kier alpha value is -4.08. The molecule has 4 N–H and O–H groups in total. The minimum Gasteiger partial charge on any atom is -0.450 e. The molecule has 4 aromatic rings. The Morgan fingerprint density at radius 2 is 1.17 bits per heavy atom. The first-order valence-electron chi connectivity index (χ1n) is 9.36. The molecule has 0 bridgehead atoms. The molecule has 0 saturated carbocycles. The number of rotatable bonds is 4. The third-order valence-corrected chi connectivity index (χ3v) is 3.77. The first kappa shape index (κ1) is 20.6. The summed E-state index contributed by atoms with van der Waals surface area (Å²) in [5.41, 5.74) is 3.38. The van der Waals surface area contributed by atoms with Crippen LogP contribution >= 0.6 is 0 Å². The molecular formula is C20H22N6O4. The average Bonchev–Trinajstić information content (AvgIpc) is 3.31. The van der Waals surface area contributed by atoms with Crippen LogP contribution in [0.2, 0.25) is 0 Å². The van der Waals surface area contributed by atoms with Gasteiger partial charge in [0.05, 0.1) is 35.3 Å². The Morgan fingerprint density at radius 3 is 1.53 bits per heavy atom. The summed E-state index contributed by atoms with van der Waals surface area (Å²) >= 11 is 0. The second-order valence-corrected chi connectivity index (χ2v) is 5.90. The van der Waals surface area contributed by atoms with Gasteiger partial charge >= 0.3 is 12.2 Å². The largest absolute Gasteiger partial charge is 0.450 e. The Kier molecular flexibility index (Phi) is 6.83. The molecule has 2 heterocycles. The van der Waals surface area contributed by atoms with Gasteiger partial charge in [0, 0.05) is 0 Å². The standard InChI is InChI=1S/2C10H11N3O2/c2*1-2-15-10(14)13-9-11-7-5-3-4-6-8(7)12-9/h2*3-6H,2H2,1H3,(H2,11,12,13,14). The van der Waals surface area contributed by atoms with Crippen molar-refractivity contribution < 1.29 is 19.1 Å². The van der Waals surface area contributed by atoms with E-state index in [9.17, 15) is 9.59 Å². The number of carbonyl (C=O) groups is 2. The molecule has 0 saturated heterocycles. The zero-order valence-electron chi connectivity index (χ0n) is 16.6. The van der Waals surface area contributed by atoms with E-state index in [1.807, 2.05) is 48.5 Å². The van der Waals surface area contributed by atoms with Gasteiger partial charge in [0.25, 0.3) is 0 Å². The number of hydrogen-bond acceptors (Lipinski definition) is 6. The normalized spacial score (nSPS) is 10.2. The monoisotopic (exact) mass is 410 g/mol. The highest BCUT2D eigenvalue weighted by Crippen LogP contribution is 2.14. The smallest absolute Gasteiger partial charge is 0.413 e. The maximum Gasteiger partial charge on any atom is 0.413 e. The van der Waals surface area contributed by atoms with Gasteiger partial charge in [-0.3, -0.25) is 10.6 Å². The van der Waals surface area contributed by atoms with Crippen LogP contribution < -0.4 is 10.6 Å². The second kappa shape index (κ2) is 9.92. The van der Waals surface area contributed by atoms with E-state index in [2.05, 4.69) is 30.6 Å². The van der Waals surface area contributed by atoms with Crippen molar-refractivity contribution in [2.24, 2.45) is 0 Å². The summed E-state index contributed by atoms with van der Waals surface area (Å²) in [4.78, 5) is 36.5. The number of nitrogens with one attached hydrogen (secondary N) is 4. The predicted octanol–water partition coefficient (Wildman–Crippen LogP) is 4.26. The molecule has 156 valence electrons. The minimum absolute atomic E-state index is 0.339. The molecule has 0 aliphatic carbocycles. The van der Waals surface area contributed by atoms with Gasteiger partial charge in [-0.25, -0.2) is 19.6 Å². The Labute approximate surface area is 172 Å². The van der Waals surface area contributed by atoms with Crippen LogP contribution in [0.5, 0.6) is 0 Å². The summed E-state index contributed by atoms with van der Waals surface area (Å²) in [6.07, 6.45) is -1.01. The lowest BCUT2D eigenvalue weighted by molar-refractivity contribution is 0.166. The van der Waals surface area contributed by atoms with Gasteiger partial charge in [0.1, 0.15) is 0 Å². The van der Waals surface area contributed by atoms with Gasteiger partial charge in [0.2, 0.25) is 11.9 Å². The fourth-order valence-electron chi connectivity index (χ4n) is 2.55. The van der Waals surface area contributed by atoms with Gasteiger partial charge in [-0.15, -0.1) is 0 Å². The molecule has 0 spiro atoms. The molecule has 0 fully saturated rings. The van der Waals surface area contributed by atoms with Crippen LogP contribution in [-0.4, -0.2) is 45.3 Å². The highest BCUT2D eigenvalue weighted by Gasteiger charge is 2.07. The zero-order chi connectivity index (χ0) is 21.3. The molecule has 4 rings (SSSR count). The number of carbonyl (C=O) groups excluding carboxylic acids is 2. The lowest BCUT2D eigenvalue weighted by Gasteiger charge is -2.00. The van der Waals surface area contributed by atoms with Crippen LogP contribution in [0.1, 0.15) is 13.8 Å². The van der Waals surface area contributed by atoms with Crippen molar-refractivity contribution in [1.29, 1.82) is 0 Å². The summed E-state index contributed by atoms with van der Waals surface area (Å²) in [6, 6.07) is 15.1. The number of anilines is 2. The Balaban J connectivity index is 0.000000171. The Morgan fingerprint density at radius 1 is 0.767 bits per heavy atom. The molecule has 30 heavy (non-hydrogen) atoms. The number of fused-ring (bicyclic) bond motifs is 2. The van der Waals surface area contributed by atoms with Crippen LogP contribution in [0.3, 0.4) is 0 Å². The fraction of sp³-hybridized carbons (Fsp3) is 0.200. The molecule has 2 aromatic heterocycles. The van der Waals surface area contributed by atoms with Crippen molar-refractivity contribution in [2.75, 3.05) is 23.8 Å². The number of aromatic amines is 2. The van der Waals surface area contributed by atoms with Crippen LogP contribution in [0, 0.1) is 0 Å². The van der Waals surface area contributed by atoms with Gasteiger partial charge < -0.3 is 19.4 Å². The van der Waals surface area contributed by atoms with Crippen molar-refractivity contribution in [2.45, 2.75) is 13.8 Å². The van der Waals surface area contributed by atoms with Gasteiger partial charge in [-0.1, -0.05) is 24.3 Å². The van der Waals surface area contributed by atoms with E-state index < -0.39 is 12.2 Å². The van der Waals surface area contributed by atoms with E-state index in [1.165, 1.54) is 0 Å². The number of para-hydroxylation sites is 4. The van der Waals surface area contributed by atoms with Crippen LogP contribution in [0.15, 0.2) is 48.5 Å². The van der Waals surface area contributed by atoms with Crippen molar-refractivity contribution in [3.05, 3.63) is 48.5 Å². The molecule has 2 amide bonds. The maximum absolute atomic E-state index is 11.1. The highest BCUT2D eigenvalue weighted by molar-refractivity contribution is 5.86. The van der Waals surface area contributed by atoms with E-state index >= 15 is 0 Å². The average molecular weight is 410 g/mol. The van der Waals surface area contributed by atoms with Crippen molar-refractivity contribution in [3.8, 4) is 0 Å². The molecule has 0 atom stereocenters. The number of ether oxygens (including phenoxy) is 2. The minimum atomic E-state index is -0.503. The number of imidazole rings is 2. The van der Waals surface area contributed by atoms with Crippen LogP contribution in [0.25, 0.3) is 22.1 Å². The van der Waals surface area contributed by atoms with Gasteiger partial charge in [-0.05, 0) is 38.1 Å². The molecular weight excluding hydrogens is 388 g/mol. The quantitative estimate of drug-likeness (QED) is 0.397. The SMILES string of the molecule is CCOC(=O)Nc1nc2ccccc2[nH]1.CCOC(=O)Nc1nc2ccccc2[nH]1. The van der Waals surface area contributed by atoms with Crippen LogP contribution in [0.4, 0.5) is 21.5 Å². The number of hydrogen-bond donors (Lipinski definition) is 4. The molecule has 0 radical (unpaired) electrons. The summed E-state index contributed by atoms with van der Waals surface area (Å²) in [5, 5.41) is 5.01. The molecule has 0 unspecified atom stereocenters. The van der Waals surface area contributed by atoms with E-state index in [0.29, 0.717) is 25.1 Å². The molecule has 10 nitrogen and oxygen atoms in total. The molecule has 0 aliphatic rings. The van der Waals surface area contributed by atoms with E-state index in [-0.39, 0.29) is 0 Å². The van der Waals surface area contributed by atoms with E-state index in [0.717, 1.165) is 22.1 Å². The maximum atomic E-state index is 11.1.